The van der Waals surface area contributed by atoms with Crippen molar-refractivity contribution in [1.29, 1.82) is 0 Å². The third kappa shape index (κ3) is 3.92. The highest BCUT2D eigenvalue weighted by atomic mass is 32.2. The van der Waals surface area contributed by atoms with Crippen LogP contribution in [0.15, 0.2) is 15.9 Å². The molecule has 2 rings (SSSR count). The fraction of sp³-hybridized carbons (Fsp3) is 0.667. The second-order valence-electron chi connectivity index (χ2n) is 5.67. The maximum absolute atomic E-state index is 12.3. The minimum atomic E-state index is -3.54. The molecule has 1 saturated heterocycles. The molecule has 9 heteroatoms. The summed E-state index contributed by atoms with van der Waals surface area (Å²) in [6.07, 6.45) is 1.06. The lowest BCUT2D eigenvalue weighted by Gasteiger charge is -2.34. The maximum atomic E-state index is 12.3. The number of sulfonamides is 1. The van der Waals surface area contributed by atoms with E-state index in [4.69, 9.17) is 4.74 Å². The normalized spacial score (nSPS) is 17.8. The fourth-order valence-corrected chi connectivity index (χ4v) is 4.27. The van der Waals surface area contributed by atoms with Crippen LogP contribution in [0.5, 0.6) is 0 Å². The van der Waals surface area contributed by atoms with Crippen molar-refractivity contribution in [2.45, 2.75) is 30.7 Å². The Morgan fingerprint density at radius 1 is 1.29 bits per heavy atom. The summed E-state index contributed by atoms with van der Waals surface area (Å²) in [5, 5.41) is 1.63. The average molecular weight is 333 g/mol. The summed E-state index contributed by atoms with van der Waals surface area (Å²) in [5.41, 5.74) is -0.554. The minimum Gasteiger partial charge on any atom is -0.444 e. The predicted octanol–water partition coefficient (Wildman–Crippen LogP) is 1.38. The summed E-state index contributed by atoms with van der Waals surface area (Å²) in [7, 11) is -3.54. The molecule has 0 unspecified atom stereocenters. The van der Waals surface area contributed by atoms with Gasteiger partial charge in [-0.05, 0) is 20.8 Å². The van der Waals surface area contributed by atoms with Crippen molar-refractivity contribution >= 4 is 27.5 Å². The van der Waals surface area contributed by atoms with Crippen LogP contribution in [0.1, 0.15) is 20.8 Å². The fourth-order valence-electron chi connectivity index (χ4n) is 1.89. The third-order valence-electron chi connectivity index (χ3n) is 2.86. The van der Waals surface area contributed by atoms with Crippen molar-refractivity contribution in [3.63, 3.8) is 0 Å². The number of thiazole rings is 1. The van der Waals surface area contributed by atoms with Crippen LogP contribution in [0, 0.1) is 0 Å². The molecule has 0 saturated carbocycles. The molecule has 0 atom stereocenters. The van der Waals surface area contributed by atoms with Crippen LogP contribution in [0.2, 0.25) is 0 Å². The van der Waals surface area contributed by atoms with E-state index in [0.29, 0.717) is 13.1 Å². The number of rotatable bonds is 2. The SMILES string of the molecule is CC(C)(C)OC(=O)N1CCN(S(=O)(=O)c2nccs2)CC1. The van der Waals surface area contributed by atoms with E-state index in [0.717, 1.165) is 11.3 Å². The molecule has 21 heavy (non-hydrogen) atoms. The Kier molecular flexibility index (Phi) is 4.54. The standard InChI is InChI=1S/C12H19N3O4S2/c1-12(2,3)19-11(16)14-5-7-15(8-6-14)21(17,18)10-13-4-9-20-10/h4,9H,5-8H2,1-3H3. The van der Waals surface area contributed by atoms with Gasteiger partial charge >= 0.3 is 6.09 Å². The quantitative estimate of drug-likeness (QED) is 0.817. The Labute approximate surface area is 128 Å². The Balaban J connectivity index is 1.96. The molecule has 0 radical (unpaired) electrons. The van der Waals surface area contributed by atoms with Crippen molar-refractivity contribution in [3.8, 4) is 0 Å². The number of carbonyl (C=O) groups excluding carboxylic acids is 1. The summed E-state index contributed by atoms with van der Waals surface area (Å²) in [4.78, 5) is 17.3. The van der Waals surface area contributed by atoms with E-state index in [9.17, 15) is 13.2 Å². The minimum absolute atomic E-state index is 0.0909. The van der Waals surface area contributed by atoms with E-state index in [1.807, 2.05) is 0 Å². The molecule has 0 aliphatic carbocycles. The molecule has 0 spiro atoms. The molecule has 1 aliphatic rings. The molecule has 1 aromatic heterocycles. The van der Waals surface area contributed by atoms with Gasteiger partial charge in [-0.1, -0.05) is 0 Å². The number of aromatic nitrogens is 1. The number of nitrogens with zero attached hydrogens (tertiary/aromatic N) is 3. The first-order chi connectivity index (χ1) is 9.70. The van der Waals surface area contributed by atoms with Crippen LogP contribution in [0.25, 0.3) is 0 Å². The van der Waals surface area contributed by atoms with E-state index < -0.39 is 21.7 Å². The molecular formula is C12H19N3O4S2. The zero-order valence-electron chi connectivity index (χ0n) is 12.3. The molecule has 1 aromatic rings. The highest BCUT2D eigenvalue weighted by Crippen LogP contribution is 2.20. The zero-order chi connectivity index (χ0) is 15.7. The van der Waals surface area contributed by atoms with E-state index in [1.165, 1.54) is 15.4 Å². The molecule has 1 amide bonds. The van der Waals surface area contributed by atoms with E-state index >= 15 is 0 Å². The summed E-state index contributed by atoms with van der Waals surface area (Å²) in [6.45, 7) is 6.54. The first-order valence-corrected chi connectivity index (χ1v) is 8.90. The van der Waals surface area contributed by atoms with Gasteiger partial charge in [0.05, 0.1) is 0 Å². The van der Waals surface area contributed by atoms with Crippen molar-refractivity contribution in [1.82, 2.24) is 14.2 Å². The maximum Gasteiger partial charge on any atom is 0.410 e. The largest absolute Gasteiger partial charge is 0.444 e. The summed E-state index contributed by atoms with van der Waals surface area (Å²) in [5.74, 6) is 0. The highest BCUT2D eigenvalue weighted by molar-refractivity contribution is 7.91. The first kappa shape index (κ1) is 16.2. The lowest BCUT2D eigenvalue weighted by atomic mass is 10.2. The molecule has 0 aromatic carbocycles. The molecule has 0 N–H and O–H groups in total. The second kappa shape index (κ2) is 5.90. The summed E-state index contributed by atoms with van der Waals surface area (Å²) in [6, 6.07) is 0. The Morgan fingerprint density at radius 3 is 2.38 bits per heavy atom. The van der Waals surface area contributed by atoms with Crippen LogP contribution in [0.4, 0.5) is 4.79 Å². The second-order valence-corrected chi connectivity index (χ2v) is 8.68. The average Bonchev–Trinajstić information content (AvgIpc) is 2.91. The van der Waals surface area contributed by atoms with Gasteiger partial charge < -0.3 is 9.64 Å². The van der Waals surface area contributed by atoms with E-state index in [2.05, 4.69) is 4.98 Å². The lowest BCUT2D eigenvalue weighted by molar-refractivity contribution is 0.0192. The van der Waals surface area contributed by atoms with Gasteiger partial charge in [0.2, 0.25) is 4.34 Å². The number of carbonyl (C=O) groups is 1. The van der Waals surface area contributed by atoms with Gasteiger partial charge in [0.1, 0.15) is 5.60 Å². The topological polar surface area (TPSA) is 79.8 Å². The summed E-state index contributed by atoms with van der Waals surface area (Å²) >= 11 is 1.09. The number of hydrogen-bond acceptors (Lipinski definition) is 6. The molecule has 7 nitrogen and oxygen atoms in total. The third-order valence-corrected chi connectivity index (χ3v) is 5.94. The Hall–Kier alpha value is -1.19. The predicted molar refractivity (Wildman–Crippen MR) is 78.7 cm³/mol. The lowest BCUT2D eigenvalue weighted by Crippen LogP contribution is -2.51. The van der Waals surface area contributed by atoms with Gasteiger partial charge in [0.15, 0.2) is 0 Å². The van der Waals surface area contributed by atoms with Gasteiger partial charge in [-0.3, -0.25) is 0 Å². The Bertz CT molecular complexity index is 585. The van der Waals surface area contributed by atoms with Crippen molar-refractivity contribution in [3.05, 3.63) is 11.6 Å². The first-order valence-electron chi connectivity index (χ1n) is 6.58. The molecule has 1 fully saturated rings. The van der Waals surface area contributed by atoms with Crippen LogP contribution < -0.4 is 0 Å². The van der Waals surface area contributed by atoms with Gasteiger partial charge in [0, 0.05) is 37.8 Å². The zero-order valence-corrected chi connectivity index (χ0v) is 13.9. The van der Waals surface area contributed by atoms with Crippen molar-refractivity contribution in [2.75, 3.05) is 26.2 Å². The van der Waals surface area contributed by atoms with Gasteiger partial charge in [0.25, 0.3) is 10.0 Å². The highest BCUT2D eigenvalue weighted by Gasteiger charge is 2.33. The molecule has 118 valence electrons. The van der Waals surface area contributed by atoms with E-state index in [-0.39, 0.29) is 17.4 Å². The molecule has 2 heterocycles. The van der Waals surface area contributed by atoms with Crippen LogP contribution in [0.3, 0.4) is 0 Å². The van der Waals surface area contributed by atoms with Gasteiger partial charge in [-0.2, -0.15) is 4.31 Å². The van der Waals surface area contributed by atoms with Gasteiger partial charge in [-0.25, -0.2) is 18.2 Å². The van der Waals surface area contributed by atoms with Crippen LogP contribution in [-0.2, 0) is 14.8 Å². The smallest absolute Gasteiger partial charge is 0.410 e. The van der Waals surface area contributed by atoms with E-state index in [1.54, 1.807) is 26.2 Å². The number of ether oxygens (including phenoxy) is 1. The van der Waals surface area contributed by atoms with Crippen molar-refractivity contribution < 1.29 is 17.9 Å². The molecule has 1 aliphatic heterocycles. The monoisotopic (exact) mass is 333 g/mol. The number of hydrogen-bond donors (Lipinski definition) is 0. The van der Waals surface area contributed by atoms with Gasteiger partial charge in [-0.15, -0.1) is 11.3 Å². The number of piperazine rings is 1. The van der Waals surface area contributed by atoms with Crippen LogP contribution >= 0.6 is 11.3 Å². The van der Waals surface area contributed by atoms with Crippen molar-refractivity contribution in [2.24, 2.45) is 0 Å². The number of amides is 1. The molecule has 0 bridgehead atoms. The molecular weight excluding hydrogens is 314 g/mol. The van der Waals surface area contributed by atoms with Crippen LogP contribution in [-0.4, -0.2) is 60.5 Å². The summed E-state index contributed by atoms with van der Waals surface area (Å²) < 4.78 is 31.3. The Morgan fingerprint density at radius 2 is 1.90 bits per heavy atom.